The van der Waals surface area contributed by atoms with E-state index in [-0.39, 0.29) is 24.9 Å². The highest BCUT2D eigenvalue weighted by Gasteiger charge is 2.34. The van der Waals surface area contributed by atoms with Gasteiger partial charge in [0.05, 0.1) is 20.3 Å². The summed E-state index contributed by atoms with van der Waals surface area (Å²) in [5, 5.41) is 10.1. The summed E-state index contributed by atoms with van der Waals surface area (Å²) in [7, 11) is 1.62. The van der Waals surface area contributed by atoms with E-state index in [1.165, 1.54) is 19.3 Å². The Labute approximate surface area is 179 Å². The molecule has 3 atom stereocenters. The molecular weight excluding hydrogens is 394 g/mol. The standard InChI is InChI=1S/C21H33N3O4.ClH/c1-3-22-21(25)14-28-19-8-7-15(11-20(19)26-2)12-24-17-6-4-5-16(17)18-13-27-10-9-23-18;/h7-8,11,16-18,23-24H,3-6,9-10,12-14H2,1-2H3,(H,22,25);1H. The SMILES string of the molecule is CCNC(=O)COc1ccc(CNC2CCCC2C2COCCN2)cc1OC.Cl. The predicted molar refractivity (Wildman–Crippen MR) is 115 cm³/mol. The Hall–Kier alpha value is -1.54. The molecule has 1 saturated heterocycles. The van der Waals surface area contributed by atoms with Gasteiger partial charge in [-0.25, -0.2) is 0 Å². The highest BCUT2D eigenvalue weighted by Crippen LogP contribution is 2.31. The van der Waals surface area contributed by atoms with Gasteiger partial charge in [-0.1, -0.05) is 12.5 Å². The van der Waals surface area contributed by atoms with Crippen molar-refractivity contribution in [1.82, 2.24) is 16.0 Å². The van der Waals surface area contributed by atoms with Crippen LogP contribution < -0.4 is 25.4 Å². The van der Waals surface area contributed by atoms with E-state index >= 15 is 0 Å². The summed E-state index contributed by atoms with van der Waals surface area (Å²) in [6, 6.07) is 6.82. The minimum absolute atomic E-state index is 0. The van der Waals surface area contributed by atoms with Crippen molar-refractivity contribution in [3.63, 3.8) is 0 Å². The number of nitrogens with one attached hydrogen (secondary N) is 3. The lowest BCUT2D eigenvalue weighted by Gasteiger charge is -2.33. The summed E-state index contributed by atoms with van der Waals surface area (Å²) in [4.78, 5) is 11.6. The van der Waals surface area contributed by atoms with E-state index in [0.29, 0.717) is 36.0 Å². The van der Waals surface area contributed by atoms with E-state index in [0.717, 1.165) is 31.9 Å². The topological polar surface area (TPSA) is 80.9 Å². The lowest BCUT2D eigenvalue weighted by Crippen LogP contribution is -2.50. The van der Waals surface area contributed by atoms with Gasteiger partial charge in [0.1, 0.15) is 0 Å². The molecule has 7 nitrogen and oxygen atoms in total. The van der Waals surface area contributed by atoms with Gasteiger partial charge in [-0.05, 0) is 43.4 Å². The molecule has 1 aliphatic heterocycles. The summed E-state index contributed by atoms with van der Waals surface area (Å²) in [6.07, 6.45) is 3.71. The van der Waals surface area contributed by atoms with Gasteiger partial charge in [-0.2, -0.15) is 0 Å². The van der Waals surface area contributed by atoms with Gasteiger partial charge in [0.25, 0.3) is 5.91 Å². The molecule has 2 fully saturated rings. The van der Waals surface area contributed by atoms with E-state index in [4.69, 9.17) is 14.2 Å². The molecule has 1 aliphatic carbocycles. The molecule has 3 unspecified atom stereocenters. The highest BCUT2D eigenvalue weighted by molar-refractivity contribution is 5.85. The number of methoxy groups -OCH3 is 1. The minimum Gasteiger partial charge on any atom is -0.493 e. The first kappa shape index (κ1) is 23.7. The lowest BCUT2D eigenvalue weighted by molar-refractivity contribution is -0.123. The number of ether oxygens (including phenoxy) is 3. The van der Waals surface area contributed by atoms with E-state index in [1.54, 1.807) is 7.11 Å². The Kier molecular flexibility index (Phi) is 10.0. The third-order valence-corrected chi connectivity index (χ3v) is 5.57. The van der Waals surface area contributed by atoms with Gasteiger partial charge >= 0.3 is 0 Å². The molecule has 8 heteroatoms. The quantitative estimate of drug-likeness (QED) is 0.558. The van der Waals surface area contributed by atoms with Crippen LogP contribution in [0.1, 0.15) is 31.7 Å². The molecule has 1 saturated carbocycles. The number of amides is 1. The Morgan fingerprint density at radius 3 is 2.90 bits per heavy atom. The Balaban J connectivity index is 0.00000300. The molecule has 164 valence electrons. The number of likely N-dealkylation sites (N-methyl/N-ethyl adjacent to an activating group) is 1. The van der Waals surface area contributed by atoms with Crippen LogP contribution in [0, 0.1) is 5.92 Å². The molecular formula is C21H34ClN3O4. The van der Waals surface area contributed by atoms with Gasteiger partial charge in [0.2, 0.25) is 0 Å². The highest BCUT2D eigenvalue weighted by atomic mass is 35.5. The Bertz CT molecular complexity index is 640. The zero-order chi connectivity index (χ0) is 19.8. The summed E-state index contributed by atoms with van der Waals surface area (Å²) < 4.78 is 16.7. The van der Waals surface area contributed by atoms with E-state index in [1.807, 2.05) is 25.1 Å². The molecule has 3 rings (SSSR count). The molecule has 29 heavy (non-hydrogen) atoms. The molecule has 1 aromatic carbocycles. The van der Waals surface area contributed by atoms with Gasteiger partial charge in [-0.15, -0.1) is 12.4 Å². The smallest absolute Gasteiger partial charge is 0.257 e. The van der Waals surface area contributed by atoms with Crippen molar-refractivity contribution < 1.29 is 19.0 Å². The first-order valence-electron chi connectivity index (χ1n) is 10.3. The van der Waals surface area contributed by atoms with Crippen molar-refractivity contribution >= 4 is 18.3 Å². The number of halogens is 1. The maximum absolute atomic E-state index is 11.6. The van der Waals surface area contributed by atoms with Crippen molar-refractivity contribution in [2.24, 2.45) is 5.92 Å². The maximum Gasteiger partial charge on any atom is 0.257 e. The molecule has 0 radical (unpaired) electrons. The van der Waals surface area contributed by atoms with Crippen molar-refractivity contribution in [1.29, 1.82) is 0 Å². The third-order valence-electron chi connectivity index (χ3n) is 5.57. The van der Waals surface area contributed by atoms with Crippen LogP contribution in [0.2, 0.25) is 0 Å². The fourth-order valence-electron chi connectivity index (χ4n) is 4.17. The average Bonchev–Trinajstić information content (AvgIpc) is 3.20. The zero-order valence-electron chi connectivity index (χ0n) is 17.4. The second kappa shape index (κ2) is 12.2. The zero-order valence-corrected chi connectivity index (χ0v) is 18.2. The molecule has 3 N–H and O–H groups in total. The van der Waals surface area contributed by atoms with Crippen molar-refractivity contribution in [2.45, 2.75) is 44.8 Å². The minimum atomic E-state index is -0.136. The molecule has 1 aromatic rings. The van der Waals surface area contributed by atoms with Crippen LogP contribution in [-0.4, -0.2) is 58.0 Å². The largest absolute Gasteiger partial charge is 0.493 e. The molecule has 0 spiro atoms. The van der Waals surface area contributed by atoms with Crippen molar-refractivity contribution in [3.05, 3.63) is 23.8 Å². The molecule has 1 heterocycles. The molecule has 0 aromatic heterocycles. The van der Waals surface area contributed by atoms with Crippen LogP contribution >= 0.6 is 12.4 Å². The third kappa shape index (κ3) is 6.74. The number of hydrogen-bond acceptors (Lipinski definition) is 6. The molecule has 2 aliphatic rings. The Morgan fingerprint density at radius 1 is 1.31 bits per heavy atom. The number of carbonyl (C=O) groups is 1. The van der Waals surface area contributed by atoms with Crippen LogP contribution in [0.4, 0.5) is 0 Å². The van der Waals surface area contributed by atoms with Crippen LogP contribution in [0.15, 0.2) is 18.2 Å². The second-order valence-corrected chi connectivity index (χ2v) is 7.45. The fraction of sp³-hybridized carbons (Fsp3) is 0.667. The van der Waals surface area contributed by atoms with Crippen LogP contribution in [0.3, 0.4) is 0 Å². The van der Waals surface area contributed by atoms with Crippen molar-refractivity contribution in [3.8, 4) is 11.5 Å². The number of hydrogen-bond donors (Lipinski definition) is 3. The van der Waals surface area contributed by atoms with Gasteiger partial charge < -0.3 is 30.2 Å². The number of rotatable bonds is 9. The van der Waals surface area contributed by atoms with E-state index < -0.39 is 0 Å². The van der Waals surface area contributed by atoms with Crippen LogP contribution in [0.5, 0.6) is 11.5 Å². The average molecular weight is 428 g/mol. The number of morpholine rings is 1. The van der Waals surface area contributed by atoms with Gasteiger partial charge in [0.15, 0.2) is 18.1 Å². The summed E-state index contributed by atoms with van der Waals surface area (Å²) in [5.74, 6) is 1.71. The molecule has 0 bridgehead atoms. The monoisotopic (exact) mass is 427 g/mol. The maximum atomic E-state index is 11.6. The first-order chi connectivity index (χ1) is 13.7. The normalized spacial score (nSPS) is 23.9. The molecule has 1 amide bonds. The predicted octanol–water partition coefficient (Wildman–Crippen LogP) is 1.88. The summed E-state index contributed by atoms with van der Waals surface area (Å²) in [5.41, 5.74) is 1.14. The first-order valence-corrected chi connectivity index (χ1v) is 10.3. The van der Waals surface area contributed by atoms with Crippen molar-refractivity contribution in [2.75, 3.05) is 40.0 Å². The van der Waals surface area contributed by atoms with E-state index in [2.05, 4.69) is 16.0 Å². The number of benzene rings is 1. The second-order valence-electron chi connectivity index (χ2n) is 7.45. The lowest BCUT2D eigenvalue weighted by atomic mass is 9.94. The summed E-state index contributed by atoms with van der Waals surface area (Å²) in [6.45, 7) is 5.82. The van der Waals surface area contributed by atoms with Gasteiger partial charge in [-0.3, -0.25) is 4.79 Å². The number of carbonyl (C=O) groups excluding carboxylic acids is 1. The Morgan fingerprint density at radius 2 is 2.17 bits per heavy atom. The van der Waals surface area contributed by atoms with Crippen LogP contribution in [0.25, 0.3) is 0 Å². The van der Waals surface area contributed by atoms with E-state index in [9.17, 15) is 4.79 Å². The van der Waals surface area contributed by atoms with Crippen LogP contribution in [-0.2, 0) is 16.1 Å². The van der Waals surface area contributed by atoms with Gasteiger partial charge in [0, 0.05) is 31.7 Å². The fourth-order valence-corrected chi connectivity index (χ4v) is 4.17. The summed E-state index contributed by atoms with van der Waals surface area (Å²) >= 11 is 0.